The van der Waals surface area contributed by atoms with Crippen LogP contribution in [0.2, 0.25) is 0 Å². The van der Waals surface area contributed by atoms with Crippen molar-refractivity contribution in [2.24, 2.45) is 11.7 Å². The Labute approximate surface area is 108 Å². The lowest BCUT2D eigenvalue weighted by atomic mass is 9.83. The summed E-state index contributed by atoms with van der Waals surface area (Å²) in [6, 6.07) is 6.02. The van der Waals surface area contributed by atoms with E-state index >= 15 is 0 Å². The number of nitrogens with one attached hydrogen (secondary N) is 1. The van der Waals surface area contributed by atoms with Gasteiger partial charge in [-0.2, -0.15) is 0 Å². The van der Waals surface area contributed by atoms with Gasteiger partial charge in [0.25, 0.3) is 0 Å². The molecule has 0 saturated heterocycles. The van der Waals surface area contributed by atoms with E-state index in [1.807, 2.05) is 20.8 Å². The van der Waals surface area contributed by atoms with Gasteiger partial charge in [0.1, 0.15) is 5.82 Å². The van der Waals surface area contributed by atoms with Crippen molar-refractivity contribution in [3.63, 3.8) is 0 Å². The van der Waals surface area contributed by atoms with Crippen LogP contribution >= 0.6 is 0 Å². The molecule has 1 unspecified atom stereocenters. The molecule has 0 heterocycles. The van der Waals surface area contributed by atoms with Crippen molar-refractivity contribution in [1.82, 2.24) is 5.32 Å². The number of carbonyl (C=O) groups is 1. The number of hydrogen-bond acceptors (Lipinski definition) is 2. The summed E-state index contributed by atoms with van der Waals surface area (Å²) in [6.45, 7) is 6.72. The van der Waals surface area contributed by atoms with Gasteiger partial charge < -0.3 is 11.1 Å². The second kappa shape index (κ2) is 5.96. The second-order valence-electron chi connectivity index (χ2n) is 5.18. The smallest absolute Gasteiger partial charge is 0.230 e. The first kappa shape index (κ1) is 14.6. The van der Waals surface area contributed by atoms with E-state index in [0.29, 0.717) is 13.1 Å². The number of rotatable bonds is 5. The predicted octanol–water partition coefficient (Wildman–Crippen LogP) is 1.81. The number of carbonyl (C=O) groups excluding carboxylic acids is 1. The minimum atomic E-state index is -0.679. The molecule has 1 amide bonds. The van der Waals surface area contributed by atoms with Crippen molar-refractivity contribution in [3.8, 4) is 0 Å². The molecule has 0 spiro atoms. The van der Waals surface area contributed by atoms with Crippen molar-refractivity contribution in [1.29, 1.82) is 0 Å². The number of amides is 1. The van der Waals surface area contributed by atoms with Crippen LogP contribution in [-0.4, -0.2) is 19.0 Å². The fraction of sp³-hybridized carbons (Fsp3) is 0.500. The maximum atomic E-state index is 12.9. The predicted molar refractivity (Wildman–Crippen MR) is 70.7 cm³/mol. The Morgan fingerprint density at radius 1 is 1.39 bits per heavy atom. The summed E-state index contributed by atoms with van der Waals surface area (Å²) in [4.78, 5) is 12.1. The first-order valence-corrected chi connectivity index (χ1v) is 6.12. The molecule has 3 N–H and O–H groups in total. The van der Waals surface area contributed by atoms with E-state index in [-0.39, 0.29) is 17.6 Å². The topological polar surface area (TPSA) is 55.1 Å². The summed E-state index contributed by atoms with van der Waals surface area (Å²) >= 11 is 0. The lowest BCUT2D eigenvalue weighted by Gasteiger charge is -2.25. The minimum absolute atomic E-state index is 0.0746. The van der Waals surface area contributed by atoms with E-state index in [0.717, 1.165) is 5.56 Å². The maximum absolute atomic E-state index is 12.9. The lowest BCUT2D eigenvalue weighted by Crippen LogP contribution is -2.42. The van der Waals surface area contributed by atoms with Crippen LogP contribution in [0.25, 0.3) is 0 Å². The zero-order chi connectivity index (χ0) is 13.8. The standard InChI is InChI=1S/C14H21FN2O/c1-10(8-16)9-17-13(18)14(2,3)11-4-6-12(15)7-5-11/h4-7,10H,8-9,16H2,1-3H3,(H,17,18). The van der Waals surface area contributed by atoms with Gasteiger partial charge in [-0.3, -0.25) is 4.79 Å². The molecule has 0 saturated carbocycles. The third-order valence-electron chi connectivity index (χ3n) is 3.15. The molecule has 0 aromatic heterocycles. The second-order valence-corrected chi connectivity index (χ2v) is 5.18. The third kappa shape index (κ3) is 3.53. The average molecular weight is 252 g/mol. The molecule has 0 bridgehead atoms. The van der Waals surface area contributed by atoms with Crippen molar-refractivity contribution >= 4 is 5.91 Å². The normalized spacial score (nSPS) is 13.2. The summed E-state index contributed by atoms with van der Waals surface area (Å²) in [6.07, 6.45) is 0. The van der Waals surface area contributed by atoms with Gasteiger partial charge in [-0.25, -0.2) is 4.39 Å². The molecule has 1 aromatic rings. The fourth-order valence-electron chi connectivity index (χ4n) is 1.57. The Bertz CT molecular complexity index is 401. The van der Waals surface area contributed by atoms with Crippen LogP contribution in [-0.2, 0) is 10.2 Å². The zero-order valence-electron chi connectivity index (χ0n) is 11.2. The van der Waals surface area contributed by atoms with Crippen molar-refractivity contribution in [2.75, 3.05) is 13.1 Å². The quantitative estimate of drug-likeness (QED) is 0.839. The maximum Gasteiger partial charge on any atom is 0.230 e. The third-order valence-corrected chi connectivity index (χ3v) is 3.15. The first-order valence-electron chi connectivity index (χ1n) is 6.12. The van der Waals surface area contributed by atoms with Gasteiger partial charge in [0.2, 0.25) is 5.91 Å². The molecular weight excluding hydrogens is 231 g/mol. The van der Waals surface area contributed by atoms with Crippen molar-refractivity contribution in [2.45, 2.75) is 26.2 Å². The molecule has 0 fully saturated rings. The van der Waals surface area contributed by atoms with E-state index in [4.69, 9.17) is 5.73 Å². The Hall–Kier alpha value is -1.42. The molecule has 3 nitrogen and oxygen atoms in total. The SMILES string of the molecule is CC(CN)CNC(=O)C(C)(C)c1ccc(F)cc1. The molecule has 0 aliphatic rings. The summed E-state index contributed by atoms with van der Waals surface area (Å²) in [5.41, 5.74) is 5.62. The van der Waals surface area contributed by atoms with Gasteiger partial charge in [-0.05, 0) is 44.0 Å². The van der Waals surface area contributed by atoms with Gasteiger partial charge in [0.05, 0.1) is 5.41 Å². The highest BCUT2D eigenvalue weighted by atomic mass is 19.1. The van der Waals surface area contributed by atoms with Gasteiger partial charge in [0, 0.05) is 6.54 Å². The van der Waals surface area contributed by atoms with Crippen LogP contribution in [0.4, 0.5) is 4.39 Å². The minimum Gasteiger partial charge on any atom is -0.355 e. The van der Waals surface area contributed by atoms with Crippen LogP contribution in [0.3, 0.4) is 0 Å². The Morgan fingerprint density at radius 2 is 1.94 bits per heavy atom. The van der Waals surface area contributed by atoms with Gasteiger partial charge in [-0.1, -0.05) is 19.1 Å². The number of halogens is 1. The van der Waals surface area contributed by atoms with Crippen LogP contribution in [0, 0.1) is 11.7 Å². The molecule has 100 valence electrons. The Kier molecular flexibility index (Phi) is 4.84. The van der Waals surface area contributed by atoms with E-state index in [9.17, 15) is 9.18 Å². The zero-order valence-corrected chi connectivity index (χ0v) is 11.2. The molecule has 4 heteroatoms. The van der Waals surface area contributed by atoms with E-state index in [1.54, 1.807) is 12.1 Å². The Morgan fingerprint density at radius 3 is 2.44 bits per heavy atom. The molecule has 1 atom stereocenters. The van der Waals surface area contributed by atoms with E-state index in [1.165, 1.54) is 12.1 Å². The summed E-state index contributed by atoms with van der Waals surface area (Å²) in [5.74, 6) is -0.126. The lowest BCUT2D eigenvalue weighted by molar-refractivity contribution is -0.125. The van der Waals surface area contributed by atoms with Crippen molar-refractivity contribution in [3.05, 3.63) is 35.6 Å². The monoisotopic (exact) mass is 252 g/mol. The van der Waals surface area contributed by atoms with Gasteiger partial charge >= 0.3 is 0 Å². The van der Waals surface area contributed by atoms with Gasteiger partial charge in [0.15, 0.2) is 0 Å². The Balaban J connectivity index is 2.73. The summed E-state index contributed by atoms with van der Waals surface area (Å²) < 4.78 is 12.9. The molecular formula is C14H21FN2O. The number of benzene rings is 1. The van der Waals surface area contributed by atoms with E-state index in [2.05, 4.69) is 5.32 Å². The molecule has 0 aliphatic heterocycles. The first-order chi connectivity index (χ1) is 8.37. The highest BCUT2D eigenvalue weighted by molar-refractivity contribution is 5.87. The highest BCUT2D eigenvalue weighted by Crippen LogP contribution is 2.23. The largest absolute Gasteiger partial charge is 0.355 e. The fourth-order valence-corrected chi connectivity index (χ4v) is 1.57. The van der Waals surface area contributed by atoms with Crippen LogP contribution in [0.1, 0.15) is 26.3 Å². The molecule has 1 rings (SSSR count). The van der Waals surface area contributed by atoms with Gasteiger partial charge in [-0.15, -0.1) is 0 Å². The molecule has 0 radical (unpaired) electrons. The highest BCUT2D eigenvalue weighted by Gasteiger charge is 2.29. The summed E-state index contributed by atoms with van der Waals surface area (Å²) in [5, 5.41) is 2.87. The van der Waals surface area contributed by atoms with Crippen LogP contribution in [0.15, 0.2) is 24.3 Å². The van der Waals surface area contributed by atoms with Crippen LogP contribution in [0.5, 0.6) is 0 Å². The molecule has 0 aliphatic carbocycles. The van der Waals surface area contributed by atoms with E-state index < -0.39 is 5.41 Å². The summed E-state index contributed by atoms with van der Waals surface area (Å²) in [7, 11) is 0. The molecule has 1 aromatic carbocycles. The molecule has 18 heavy (non-hydrogen) atoms. The van der Waals surface area contributed by atoms with Crippen molar-refractivity contribution < 1.29 is 9.18 Å². The van der Waals surface area contributed by atoms with Crippen LogP contribution < -0.4 is 11.1 Å². The average Bonchev–Trinajstić information content (AvgIpc) is 2.35. The number of hydrogen-bond donors (Lipinski definition) is 2. The number of nitrogens with two attached hydrogens (primary N) is 1.